The SMILES string of the molecule is Cc1ccc(N(c2ccc(C)cc2)c2c3ccccc3c(N3B4C=CC=CN4c4ccccc43)c3ccccc23)cc1. The number of hydrogen-bond acceptors (Lipinski definition) is 3. The van der Waals surface area contributed by atoms with Gasteiger partial charge >= 0.3 is 6.98 Å². The van der Waals surface area contributed by atoms with Crippen LogP contribution in [0.1, 0.15) is 11.1 Å². The molecule has 8 rings (SSSR count). The monoisotopic (exact) mass is 539 g/mol. The van der Waals surface area contributed by atoms with Crippen LogP contribution in [0.15, 0.2) is 146 Å². The van der Waals surface area contributed by atoms with E-state index in [1.807, 2.05) is 0 Å². The molecular weight excluding hydrogens is 509 g/mol. The van der Waals surface area contributed by atoms with Crippen molar-refractivity contribution in [3.8, 4) is 0 Å². The summed E-state index contributed by atoms with van der Waals surface area (Å²) in [4.78, 5) is 7.32. The molecule has 6 aromatic rings. The fourth-order valence-corrected chi connectivity index (χ4v) is 6.58. The van der Waals surface area contributed by atoms with Gasteiger partial charge in [0.15, 0.2) is 0 Å². The number of hydrogen-bond donors (Lipinski definition) is 0. The Bertz CT molecular complexity index is 1920. The van der Waals surface area contributed by atoms with E-state index in [9.17, 15) is 0 Å². The fourth-order valence-electron chi connectivity index (χ4n) is 6.58. The molecule has 0 bridgehead atoms. The molecule has 0 unspecified atom stereocenters. The summed E-state index contributed by atoms with van der Waals surface area (Å²) in [6.45, 7) is 4.35. The lowest BCUT2D eigenvalue weighted by Gasteiger charge is -2.33. The number of allylic oxidation sites excluding steroid dienone is 2. The summed E-state index contributed by atoms with van der Waals surface area (Å²) in [5.74, 6) is 2.29. The van der Waals surface area contributed by atoms with Gasteiger partial charge in [-0.3, -0.25) is 0 Å². The van der Waals surface area contributed by atoms with E-state index < -0.39 is 0 Å². The van der Waals surface area contributed by atoms with Gasteiger partial charge < -0.3 is 14.5 Å². The molecule has 2 heterocycles. The molecule has 200 valence electrons. The van der Waals surface area contributed by atoms with Crippen LogP contribution in [-0.2, 0) is 0 Å². The molecule has 42 heavy (non-hydrogen) atoms. The number of anilines is 6. The third-order valence-corrected chi connectivity index (χ3v) is 8.53. The van der Waals surface area contributed by atoms with E-state index in [4.69, 9.17) is 0 Å². The van der Waals surface area contributed by atoms with Crippen LogP contribution in [0.3, 0.4) is 0 Å². The summed E-state index contributed by atoms with van der Waals surface area (Å²) >= 11 is 0. The smallest absolute Gasteiger partial charge is 0.367 e. The number of nitrogens with zero attached hydrogens (tertiary/aromatic N) is 3. The van der Waals surface area contributed by atoms with Crippen LogP contribution >= 0.6 is 0 Å². The van der Waals surface area contributed by atoms with E-state index in [1.54, 1.807) is 0 Å². The van der Waals surface area contributed by atoms with Gasteiger partial charge in [0.05, 0.1) is 17.1 Å². The van der Waals surface area contributed by atoms with Crippen molar-refractivity contribution in [1.82, 2.24) is 0 Å². The van der Waals surface area contributed by atoms with Crippen molar-refractivity contribution in [1.29, 1.82) is 0 Å². The molecular formula is C38H30BN3. The molecule has 0 saturated heterocycles. The molecule has 0 spiro atoms. The summed E-state index contributed by atoms with van der Waals surface area (Å²) in [6, 6.07) is 44.3. The predicted octanol–water partition coefficient (Wildman–Crippen LogP) is 10.1. The molecule has 0 fully saturated rings. The van der Waals surface area contributed by atoms with Gasteiger partial charge in [0.2, 0.25) is 0 Å². The third-order valence-electron chi connectivity index (χ3n) is 8.53. The molecule has 0 atom stereocenters. The molecule has 0 saturated carbocycles. The predicted molar refractivity (Wildman–Crippen MR) is 181 cm³/mol. The highest BCUT2D eigenvalue weighted by Crippen LogP contribution is 2.52. The van der Waals surface area contributed by atoms with Crippen molar-refractivity contribution in [3.05, 3.63) is 157 Å². The highest BCUT2D eigenvalue weighted by molar-refractivity contribution is 6.77. The maximum atomic E-state index is 2.52. The van der Waals surface area contributed by atoms with Crippen LogP contribution in [0.4, 0.5) is 34.1 Å². The van der Waals surface area contributed by atoms with Crippen LogP contribution in [0, 0.1) is 13.8 Å². The van der Waals surface area contributed by atoms with Gasteiger partial charge in [-0.1, -0.05) is 108 Å². The fraction of sp³-hybridized carbons (Fsp3) is 0.0526. The summed E-state index contributed by atoms with van der Waals surface area (Å²) in [6.07, 6.45) is 6.48. The van der Waals surface area contributed by atoms with E-state index >= 15 is 0 Å². The van der Waals surface area contributed by atoms with Crippen molar-refractivity contribution < 1.29 is 0 Å². The Morgan fingerprint density at radius 1 is 0.524 bits per heavy atom. The first-order chi connectivity index (χ1) is 20.7. The maximum Gasteiger partial charge on any atom is 0.412 e. The lowest BCUT2D eigenvalue weighted by atomic mass is 9.70. The molecule has 3 nitrogen and oxygen atoms in total. The van der Waals surface area contributed by atoms with E-state index in [-0.39, 0.29) is 6.98 Å². The van der Waals surface area contributed by atoms with Crippen LogP contribution in [0.2, 0.25) is 0 Å². The average Bonchev–Trinajstić information content (AvgIpc) is 3.37. The molecule has 2 aliphatic rings. The molecule has 0 amide bonds. The second kappa shape index (κ2) is 9.71. The molecule has 0 aromatic heterocycles. The van der Waals surface area contributed by atoms with Crippen molar-refractivity contribution in [3.63, 3.8) is 0 Å². The van der Waals surface area contributed by atoms with Gasteiger partial charge in [-0.2, -0.15) is 0 Å². The highest BCUT2D eigenvalue weighted by Gasteiger charge is 2.41. The van der Waals surface area contributed by atoms with Crippen LogP contribution in [0.25, 0.3) is 21.5 Å². The molecule has 4 heteroatoms. The van der Waals surface area contributed by atoms with Gasteiger partial charge in [-0.25, -0.2) is 0 Å². The first-order valence-corrected chi connectivity index (χ1v) is 14.6. The number of benzene rings is 6. The summed E-state index contributed by atoms with van der Waals surface area (Å²) in [5.41, 5.74) is 9.66. The number of para-hydroxylation sites is 2. The average molecular weight is 539 g/mol. The summed E-state index contributed by atoms with van der Waals surface area (Å²) in [7, 11) is 0. The Kier molecular flexibility index (Phi) is 5.68. The Labute approximate surface area is 247 Å². The molecule has 0 aliphatic carbocycles. The standard InChI is InChI=1S/C38H30BN3/c1-27-17-21-29(22-18-27)41(30-23-19-28(2)20-24-30)37-31-11-3-5-13-33(31)38(34-14-6-4-12-32(34)37)42-36-16-8-7-15-35(36)40-26-10-9-25-39(40)42/h3-26H,1-2H3. The Morgan fingerprint density at radius 3 is 1.60 bits per heavy atom. The van der Waals surface area contributed by atoms with Gasteiger partial charge in [-0.15, -0.1) is 0 Å². The van der Waals surface area contributed by atoms with E-state index in [2.05, 4.69) is 174 Å². The highest BCUT2D eigenvalue weighted by atomic mass is 15.3. The minimum Gasteiger partial charge on any atom is -0.367 e. The van der Waals surface area contributed by atoms with Crippen molar-refractivity contribution in [2.45, 2.75) is 13.8 Å². The second-order valence-electron chi connectivity index (χ2n) is 11.2. The Balaban J connectivity index is 1.47. The molecule has 6 aromatic carbocycles. The van der Waals surface area contributed by atoms with Gasteiger partial charge in [0.25, 0.3) is 0 Å². The number of aryl methyl sites for hydroxylation is 2. The van der Waals surface area contributed by atoms with Gasteiger partial charge in [0.1, 0.15) is 0 Å². The van der Waals surface area contributed by atoms with E-state index in [0.717, 1.165) is 11.4 Å². The van der Waals surface area contributed by atoms with E-state index in [0.29, 0.717) is 0 Å². The second-order valence-corrected chi connectivity index (χ2v) is 11.2. The van der Waals surface area contributed by atoms with Crippen LogP contribution in [-0.4, -0.2) is 6.98 Å². The first kappa shape index (κ1) is 24.6. The third kappa shape index (κ3) is 3.76. The zero-order chi connectivity index (χ0) is 28.2. The summed E-state index contributed by atoms with van der Waals surface area (Å²) < 4.78 is 0. The first-order valence-electron chi connectivity index (χ1n) is 14.6. The van der Waals surface area contributed by atoms with Crippen molar-refractivity contribution >= 4 is 62.7 Å². The Morgan fingerprint density at radius 2 is 1.02 bits per heavy atom. The van der Waals surface area contributed by atoms with Crippen LogP contribution in [0.5, 0.6) is 0 Å². The maximum absolute atomic E-state index is 2.52. The van der Waals surface area contributed by atoms with Gasteiger partial charge in [-0.05, 0) is 62.5 Å². The molecule has 0 radical (unpaired) electrons. The minimum absolute atomic E-state index is 0.0652. The van der Waals surface area contributed by atoms with Crippen molar-refractivity contribution in [2.24, 2.45) is 0 Å². The zero-order valence-electron chi connectivity index (χ0n) is 23.8. The minimum atomic E-state index is 0.0652. The Hall–Kier alpha value is -5.22. The normalized spacial score (nSPS) is 13.6. The summed E-state index contributed by atoms with van der Waals surface area (Å²) in [5, 5.41) is 4.90. The zero-order valence-corrected chi connectivity index (χ0v) is 23.8. The van der Waals surface area contributed by atoms with Crippen molar-refractivity contribution in [2.75, 3.05) is 14.5 Å². The largest absolute Gasteiger partial charge is 0.412 e. The molecule has 0 N–H and O–H groups in total. The lowest BCUT2D eigenvalue weighted by Crippen LogP contribution is -2.43. The van der Waals surface area contributed by atoms with Gasteiger partial charge in [0, 0.05) is 38.6 Å². The lowest BCUT2D eigenvalue weighted by molar-refractivity contribution is 1.29. The van der Waals surface area contributed by atoms with E-state index in [1.165, 1.54) is 55.4 Å². The topological polar surface area (TPSA) is 9.72 Å². The number of fused-ring (bicyclic) bond motifs is 5. The number of rotatable bonds is 4. The van der Waals surface area contributed by atoms with Crippen LogP contribution < -0.4 is 14.5 Å². The molecule has 2 aliphatic heterocycles. The quantitative estimate of drug-likeness (QED) is 0.163.